The van der Waals surface area contributed by atoms with Crippen molar-refractivity contribution in [2.24, 2.45) is 0 Å². The van der Waals surface area contributed by atoms with Crippen molar-refractivity contribution in [3.05, 3.63) is 224 Å². The average Bonchev–Trinajstić information content (AvgIpc) is 3.94. The molecule has 0 atom stereocenters. The number of aromatic nitrogens is 1. The third-order valence-corrected chi connectivity index (χ3v) is 12.2. The van der Waals surface area contributed by atoms with Gasteiger partial charge >= 0.3 is 0 Å². The highest BCUT2D eigenvalue weighted by atomic mass is 32.1. The summed E-state index contributed by atoms with van der Waals surface area (Å²) in [6.45, 7) is 0. The second-order valence-corrected chi connectivity index (χ2v) is 15.7. The van der Waals surface area contributed by atoms with Crippen molar-refractivity contribution in [3.8, 4) is 32.8 Å². The fourth-order valence-corrected chi connectivity index (χ4v) is 9.43. The predicted octanol–water partition coefficient (Wildman–Crippen LogP) is 16.1. The maximum atomic E-state index is 6.54. The summed E-state index contributed by atoms with van der Waals surface area (Å²) in [4.78, 5) is 10.1. The SMILES string of the molecule is c1ccc(N(c2ccccc2)c2ccc(-c3ccc(-c4ccc(N(c5ccccc5)c5ccccc5)cc4)c4sc(-c5cccc6c5oc5ccccc56)nc34)cc2)cc1. The number of para-hydroxylation sites is 6. The van der Waals surface area contributed by atoms with Crippen LogP contribution in [0.2, 0.25) is 0 Å². The standard InChI is InChI=1S/C55H37N3OS/c1-5-16-40(17-6-1)57(41-18-7-2-8-19-41)44-32-28-38(29-33-44)46-36-37-47(39-30-34-45(35-31-39)58(42-20-9-3-10-21-42)43-22-11-4-12-23-43)54-52(46)56-55(60-54)50-26-15-25-49-48-24-13-14-27-51(48)59-53(49)50/h1-37H. The van der Waals surface area contributed by atoms with Crippen LogP contribution in [-0.2, 0) is 0 Å². The second kappa shape index (κ2) is 15.2. The summed E-state index contributed by atoms with van der Waals surface area (Å²) < 4.78 is 7.67. The van der Waals surface area contributed by atoms with Crippen molar-refractivity contribution >= 4 is 77.6 Å². The molecule has 0 bridgehead atoms. The van der Waals surface area contributed by atoms with E-state index in [2.05, 4.69) is 222 Å². The Morgan fingerprint density at radius 2 is 0.783 bits per heavy atom. The molecule has 284 valence electrons. The smallest absolute Gasteiger partial charge is 0.145 e. The molecule has 0 radical (unpaired) electrons. The van der Waals surface area contributed by atoms with E-state index in [1.165, 1.54) is 0 Å². The van der Waals surface area contributed by atoms with Crippen LogP contribution in [0, 0.1) is 0 Å². The second-order valence-electron chi connectivity index (χ2n) is 14.7. The van der Waals surface area contributed by atoms with E-state index >= 15 is 0 Å². The number of thiazole rings is 1. The lowest BCUT2D eigenvalue weighted by molar-refractivity contribution is 0.670. The molecule has 2 heterocycles. The molecule has 0 unspecified atom stereocenters. The summed E-state index contributed by atoms with van der Waals surface area (Å²) in [5.74, 6) is 0. The molecule has 5 heteroatoms. The zero-order valence-electron chi connectivity index (χ0n) is 32.5. The zero-order valence-corrected chi connectivity index (χ0v) is 33.3. The number of hydrogen-bond donors (Lipinski definition) is 0. The first-order valence-electron chi connectivity index (χ1n) is 20.1. The van der Waals surface area contributed by atoms with Crippen LogP contribution < -0.4 is 9.80 Å². The molecule has 0 aliphatic rings. The first kappa shape index (κ1) is 35.4. The third kappa shape index (κ3) is 6.38. The minimum absolute atomic E-state index is 0.860. The highest BCUT2D eigenvalue weighted by molar-refractivity contribution is 7.22. The van der Waals surface area contributed by atoms with Gasteiger partial charge in [-0.3, -0.25) is 0 Å². The van der Waals surface area contributed by atoms with E-state index in [0.29, 0.717) is 0 Å². The normalized spacial score (nSPS) is 11.3. The Labute approximate surface area is 352 Å². The van der Waals surface area contributed by atoms with Gasteiger partial charge in [-0.05, 0) is 96.1 Å². The molecule has 60 heavy (non-hydrogen) atoms. The van der Waals surface area contributed by atoms with Gasteiger partial charge in [0.05, 0.1) is 15.8 Å². The van der Waals surface area contributed by atoms with Crippen molar-refractivity contribution in [2.45, 2.75) is 0 Å². The lowest BCUT2D eigenvalue weighted by Crippen LogP contribution is -2.09. The Kier molecular flexibility index (Phi) is 8.99. The van der Waals surface area contributed by atoms with Crippen molar-refractivity contribution in [1.29, 1.82) is 0 Å². The minimum Gasteiger partial charge on any atom is -0.455 e. The van der Waals surface area contributed by atoms with E-state index in [9.17, 15) is 0 Å². The van der Waals surface area contributed by atoms with Crippen LogP contribution in [0.4, 0.5) is 34.1 Å². The maximum absolute atomic E-state index is 6.54. The van der Waals surface area contributed by atoms with Crippen molar-refractivity contribution in [1.82, 2.24) is 4.98 Å². The highest BCUT2D eigenvalue weighted by Gasteiger charge is 2.21. The Morgan fingerprint density at radius 1 is 0.350 bits per heavy atom. The molecule has 0 saturated heterocycles. The molecule has 11 rings (SSSR count). The van der Waals surface area contributed by atoms with Crippen molar-refractivity contribution in [2.75, 3.05) is 9.80 Å². The maximum Gasteiger partial charge on any atom is 0.145 e. The zero-order chi connectivity index (χ0) is 39.8. The molecule has 0 spiro atoms. The molecular weight excluding hydrogens is 751 g/mol. The number of anilines is 6. The molecule has 0 fully saturated rings. The van der Waals surface area contributed by atoms with Crippen molar-refractivity contribution in [3.63, 3.8) is 0 Å². The minimum atomic E-state index is 0.860. The van der Waals surface area contributed by atoms with E-state index in [0.717, 1.165) is 99.1 Å². The Bertz CT molecular complexity index is 2990. The molecule has 9 aromatic carbocycles. The van der Waals surface area contributed by atoms with Gasteiger partial charge in [0.25, 0.3) is 0 Å². The van der Waals surface area contributed by atoms with Gasteiger partial charge in [-0.25, -0.2) is 4.98 Å². The molecule has 0 saturated carbocycles. The Balaban J connectivity index is 1.05. The van der Waals surface area contributed by atoms with Crippen LogP contribution in [0.3, 0.4) is 0 Å². The first-order valence-corrected chi connectivity index (χ1v) is 20.9. The summed E-state index contributed by atoms with van der Waals surface area (Å²) in [5, 5.41) is 3.13. The van der Waals surface area contributed by atoms with Crippen LogP contribution >= 0.6 is 11.3 Å². The van der Waals surface area contributed by atoms with E-state index in [1.807, 2.05) is 12.1 Å². The van der Waals surface area contributed by atoms with Crippen LogP contribution in [0.1, 0.15) is 0 Å². The predicted molar refractivity (Wildman–Crippen MR) is 253 cm³/mol. The lowest BCUT2D eigenvalue weighted by atomic mass is 9.98. The molecule has 0 amide bonds. The fourth-order valence-electron chi connectivity index (χ4n) is 8.28. The van der Waals surface area contributed by atoms with Gasteiger partial charge in [-0.1, -0.05) is 140 Å². The van der Waals surface area contributed by atoms with Gasteiger partial charge in [0, 0.05) is 56.0 Å². The largest absolute Gasteiger partial charge is 0.455 e. The summed E-state index contributed by atoms with van der Waals surface area (Å²) in [6.07, 6.45) is 0. The van der Waals surface area contributed by atoms with Crippen LogP contribution in [0.25, 0.3) is 65.0 Å². The van der Waals surface area contributed by atoms with Crippen LogP contribution in [0.5, 0.6) is 0 Å². The molecule has 4 nitrogen and oxygen atoms in total. The number of rotatable bonds is 9. The summed E-state index contributed by atoms with van der Waals surface area (Å²) in [5.41, 5.74) is 14.8. The summed E-state index contributed by atoms with van der Waals surface area (Å²) in [6, 6.07) is 79.0. The van der Waals surface area contributed by atoms with Gasteiger partial charge in [-0.2, -0.15) is 0 Å². The molecule has 11 aromatic rings. The molecule has 2 aromatic heterocycles. The van der Waals surface area contributed by atoms with E-state index < -0.39 is 0 Å². The van der Waals surface area contributed by atoms with Gasteiger partial charge in [0.15, 0.2) is 0 Å². The topological polar surface area (TPSA) is 32.5 Å². The number of fused-ring (bicyclic) bond motifs is 4. The monoisotopic (exact) mass is 787 g/mol. The van der Waals surface area contributed by atoms with Crippen molar-refractivity contribution < 1.29 is 4.42 Å². The number of benzene rings is 9. The summed E-state index contributed by atoms with van der Waals surface area (Å²) in [7, 11) is 0. The number of nitrogens with zero attached hydrogens (tertiary/aromatic N) is 3. The quantitative estimate of drug-likeness (QED) is 0.146. The van der Waals surface area contributed by atoms with Gasteiger partial charge in [0.2, 0.25) is 0 Å². The lowest BCUT2D eigenvalue weighted by Gasteiger charge is -2.25. The molecular formula is C55H37N3OS. The molecule has 0 aliphatic heterocycles. The van der Waals surface area contributed by atoms with E-state index in [1.54, 1.807) is 11.3 Å². The van der Waals surface area contributed by atoms with Crippen LogP contribution in [0.15, 0.2) is 229 Å². The van der Waals surface area contributed by atoms with E-state index in [-0.39, 0.29) is 0 Å². The summed E-state index contributed by atoms with van der Waals surface area (Å²) >= 11 is 1.72. The highest BCUT2D eigenvalue weighted by Crippen LogP contribution is 2.45. The molecule has 0 N–H and O–H groups in total. The first-order chi connectivity index (χ1) is 29.8. The Morgan fingerprint density at radius 3 is 1.32 bits per heavy atom. The van der Waals surface area contributed by atoms with E-state index in [4.69, 9.17) is 9.40 Å². The van der Waals surface area contributed by atoms with Gasteiger partial charge < -0.3 is 14.2 Å². The van der Waals surface area contributed by atoms with Gasteiger partial charge in [0.1, 0.15) is 16.2 Å². The average molecular weight is 788 g/mol. The van der Waals surface area contributed by atoms with Gasteiger partial charge in [-0.15, -0.1) is 11.3 Å². The molecule has 0 aliphatic carbocycles. The number of furan rings is 1. The third-order valence-electron chi connectivity index (χ3n) is 11.1. The fraction of sp³-hybridized carbons (Fsp3) is 0. The van der Waals surface area contributed by atoms with Crippen LogP contribution in [-0.4, -0.2) is 4.98 Å². The number of hydrogen-bond acceptors (Lipinski definition) is 5. The Hall–Kier alpha value is -7.73.